The molecule has 1 heterocycles. The topological polar surface area (TPSA) is 32.3 Å². The molecular formula is C10H12BrNO. The Morgan fingerprint density at radius 3 is 2.92 bits per heavy atom. The van der Waals surface area contributed by atoms with E-state index in [-0.39, 0.29) is 0 Å². The minimum absolute atomic E-state index is 0.656. The third-order valence-electron chi connectivity index (χ3n) is 2.49. The molecule has 1 fully saturated rings. The number of nitrogens with one attached hydrogen (secondary N) is 1. The van der Waals surface area contributed by atoms with Crippen LogP contribution in [0.15, 0.2) is 28.7 Å². The molecule has 0 aromatic heterocycles. The number of aliphatic hydroxyl groups is 1. The lowest BCUT2D eigenvalue weighted by Crippen LogP contribution is -2.28. The van der Waals surface area contributed by atoms with Crippen molar-refractivity contribution < 1.29 is 5.11 Å². The predicted octanol–water partition coefficient (Wildman–Crippen LogP) is 1.63. The smallest absolute Gasteiger partial charge is 0.103 e. The lowest BCUT2D eigenvalue weighted by molar-refractivity contribution is 0.0587. The summed E-state index contributed by atoms with van der Waals surface area (Å²) in [5, 5.41) is 13.4. The van der Waals surface area contributed by atoms with E-state index >= 15 is 0 Å². The molecule has 0 radical (unpaired) electrons. The molecule has 1 aromatic carbocycles. The quantitative estimate of drug-likeness (QED) is 0.784. The lowest BCUT2D eigenvalue weighted by atomic mass is 9.93. The van der Waals surface area contributed by atoms with Gasteiger partial charge in [0.15, 0.2) is 0 Å². The average Bonchev–Trinajstić information content (AvgIpc) is 2.54. The van der Waals surface area contributed by atoms with Gasteiger partial charge in [0.05, 0.1) is 0 Å². The monoisotopic (exact) mass is 241 g/mol. The van der Waals surface area contributed by atoms with E-state index in [0.717, 1.165) is 23.0 Å². The molecule has 70 valence electrons. The molecule has 1 aromatic rings. The van der Waals surface area contributed by atoms with Crippen molar-refractivity contribution >= 4 is 15.9 Å². The summed E-state index contributed by atoms with van der Waals surface area (Å²) in [5.74, 6) is 0. The molecule has 1 unspecified atom stereocenters. The number of hydrogen-bond acceptors (Lipinski definition) is 2. The van der Waals surface area contributed by atoms with Crippen LogP contribution in [-0.2, 0) is 5.60 Å². The molecule has 0 amide bonds. The summed E-state index contributed by atoms with van der Waals surface area (Å²) in [4.78, 5) is 0. The van der Waals surface area contributed by atoms with E-state index in [2.05, 4.69) is 21.2 Å². The lowest BCUT2D eigenvalue weighted by Gasteiger charge is -2.21. The minimum Gasteiger partial charge on any atom is -0.384 e. The van der Waals surface area contributed by atoms with Gasteiger partial charge in [-0.1, -0.05) is 28.1 Å². The van der Waals surface area contributed by atoms with E-state index in [1.54, 1.807) is 0 Å². The van der Waals surface area contributed by atoms with E-state index in [4.69, 9.17) is 0 Å². The van der Waals surface area contributed by atoms with Crippen LogP contribution in [0.2, 0.25) is 0 Å². The Hall–Kier alpha value is -0.380. The second-order valence-electron chi connectivity index (χ2n) is 3.47. The maximum Gasteiger partial charge on any atom is 0.103 e. The molecule has 1 aliphatic rings. The first-order chi connectivity index (χ1) is 6.21. The molecule has 13 heavy (non-hydrogen) atoms. The van der Waals surface area contributed by atoms with Gasteiger partial charge in [0.1, 0.15) is 5.60 Å². The van der Waals surface area contributed by atoms with Crippen LogP contribution in [0.1, 0.15) is 12.0 Å². The summed E-state index contributed by atoms with van der Waals surface area (Å²) in [6.07, 6.45) is 0.795. The fraction of sp³-hybridized carbons (Fsp3) is 0.400. The zero-order valence-electron chi connectivity index (χ0n) is 7.26. The van der Waals surface area contributed by atoms with Crippen molar-refractivity contribution in [2.45, 2.75) is 12.0 Å². The highest BCUT2D eigenvalue weighted by atomic mass is 79.9. The summed E-state index contributed by atoms with van der Waals surface area (Å²) < 4.78 is 1.02. The van der Waals surface area contributed by atoms with Gasteiger partial charge >= 0.3 is 0 Å². The number of β-amino-alcohol motifs (C(OH)–C–C–N with tert-alkyl or cyclic N) is 1. The van der Waals surface area contributed by atoms with E-state index in [1.165, 1.54) is 0 Å². The molecule has 2 N–H and O–H groups in total. The van der Waals surface area contributed by atoms with E-state index in [9.17, 15) is 5.11 Å². The molecule has 3 heteroatoms. The van der Waals surface area contributed by atoms with Crippen LogP contribution in [0.4, 0.5) is 0 Å². The number of hydrogen-bond donors (Lipinski definition) is 2. The van der Waals surface area contributed by atoms with Crippen LogP contribution in [0.3, 0.4) is 0 Å². The first kappa shape index (κ1) is 9.19. The van der Waals surface area contributed by atoms with Crippen molar-refractivity contribution in [1.82, 2.24) is 5.32 Å². The van der Waals surface area contributed by atoms with Gasteiger partial charge in [0.25, 0.3) is 0 Å². The van der Waals surface area contributed by atoms with E-state index in [0.29, 0.717) is 6.54 Å². The predicted molar refractivity (Wildman–Crippen MR) is 55.5 cm³/mol. The first-order valence-electron chi connectivity index (χ1n) is 4.40. The van der Waals surface area contributed by atoms with Gasteiger partial charge in [-0.15, -0.1) is 0 Å². The van der Waals surface area contributed by atoms with Crippen LogP contribution in [0, 0.1) is 0 Å². The highest BCUT2D eigenvalue weighted by molar-refractivity contribution is 9.10. The molecule has 1 atom stereocenters. The standard InChI is InChI=1S/C10H12BrNO/c11-9-3-1-2-8(6-9)10(13)4-5-12-7-10/h1-3,6,12-13H,4-5,7H2. The summed E-state index contributed by atoms with van der Waals surface area (Å²) in [7, 11) is 0. The Morgan fingerprint density at radius 2 is 2.31 bits per heavy atom. The van der Waals surface area contributed by atoms with Gasteiger partial charge < -0.3 is 10.4 Å². The summed E-state index contributed by atoms with van der Waals surface area (Å²) in [6, 6.07) is 7.87. The van der Waals surface area contributed by atoms with Gasteiger partial charge in [-0.25, -0.2) is 0 Å². The number of halogens is 1. The van der Waals surface area contributed by atoms with Crippen LogP contribution < -0.4 is 5.32 Å². The van der Waals surface area contributed by atoms with Gasteiger partial charge in [-0.3, -0.25) is 0 Å². The Bertz CT molecular complexity index is 308. The second-order valence-corrected chi connectivity index (χ2v) is 4.38. The third-order valence-corrected chi connectivity index (χ3v) is 2.99. The maximum atomic E-state index is 10.2. The highest BCUT2D eigenvalue weighted by Crippen LogP contribution is 2.29. The molecule has 2 rings (SSSR count). The van der Waals surface area contributed by atoms with E-state index < -0.39 is 5.60 Å². The largest absolute Gasteiger partial charge is 0.384 e. The number of benzene rings is 1. The van der Waals surface area contributed by atoms with Crippen molar-refractivity contribution in [1.29, 1.82) is 0 Å². The number of rotatable bonds is 1. The second kappa shape index (κ2) is 3.40. The fourth-order valence-electron chi connectivity index (χ4n) is 1.70. The Balaban J connectivity index is 2.33. The highest BCUT2D eigenvalue weighted by Gasteiger charge is 2.32. The van der Waals surface area contributed by atoms with Crippen LogP contribution >= 0.6 is 15.9 Å². The summed E-state index contributed by atoms with van der Waals surface area (Å²) in [6.45, 7) is 1.55. The molecule has 0 aliphatic carbocycles. The Morgan fingerprint density at radius 1 is 1.46 bits per heavy atom. The van der Waals surface area contributed by atoms with Gasteiger partial charge in [-0.05, 0) is 30.7 Å². The van der Waals surface area contributed by atoms with Crippen LogP contribution in [0.25, 0.3) is 0 Å². The summed E-state index contributed by atoms with van der Waals surface area (Å²) in [5.41, 5.74) is 0.330. The fourth-order valence-corrected chi connectivity index (χ4v) is 2.10. The van der Waals surface area contributed by atoms with Crippen molar-refractivity contribution in [3.05, 3.63) is 34.3 Å². The Labute approximate surface area is 86.1 Å². The van der Waals surface area contributed by atoms with Crippen LogP contribution in [0.5, 0.6) is 0 Å². The minimum atomic E-state index is -0.663. The molecule has 2 nitrogen and oxygen atoms in total. The zero-order chi connectivity index (χ0) is 9.31. The molecule has 1 saturated heterocycles. The molecule has 0 bridgehead atoms. The van der Waals surface area contributed by atoms with Crippen molar-refractivity contribution in [2.75, 3.05) is 13.1 Å². The third kappa shape index (κ3) is 1.77. The van der Waals surface area contributed by atoms with Gasteiger partial charge in [0.2, 0.25) is 0 Å². The van der Waals surface area contributed by atoms with Gasteiger partial charge in [0, 0.05) is 11.0 Å². The molecule has 0 spiro atoms. The van der Waals surface area contributed by atoms with Crippen molar-refractivity contribution in [3.63, 3.8) is 0 Å². The maximum absolute atomic E-state index is 10.2. The molecule has 0 saturated carbocycles. The molecule has 1 aliphatic heterocycles. The van der Waals surface area contributed by atoms with Crippen molar-refractivity contribution in [3.8, 4) is 0 Å². The average molecular weight is 242 g/mol. The summed E-state index contributed by atoms with van der Waals surface area (Å²) >= 11 is 3.40. The van der Waals surface area contributed by atoms with E-state index in [1.807, 2.05) is 24.3 Å². The zero-order valence-corrected chi connectivity index (χ0v) is 8.84. The van der Waals surface area contributed by atoms with Gasteiger partial charge in [-0.2, -0.15) is 0 Å². The SMILES string of the molecule is OC1(c2cccc(Br)c2)CCNC1. The first-order valence-corrected chi connectivity index (χ1v) is 5.19. The van der Waals surface area contributed by atoms with Crippen molar-refractivity contribution in [2.24, 2.45) is 0 Å². The normalized spacial score (nSPS) is 27.8. The molecular weight excluding hydrogens is 230 g/mol. The van der Waals surface area contributed by atoms with Crippen LogP contribution in [-0.4, -0.2) is 18.2 Å². The Kier molecular flexibility index (Phi) is 2.41.